The highest BCUT2D eigenvalue weighted by atomic mass is 16.5. The van der Waals surface area contributed by atoms with Crippen molar-refractivity contribution < 1.29 is 9.53 Å². The zero-order valence-corrected chi connectivity index (χ0v) is 12.5. The molecule has 22 heavy (non-hydrogen) atoms. The van der Waals surface area contributed by atoms with Gasteiger partial charge in [-0.1, -0.05) is 0 Å². The van der Waals surface area contributed by atoms with E-state index < -0.39 is 5.97 Å². The van der Waals surface area contributed by atoms with Crippen LogP contribution in [0.2, 0.25) is 0 Å². The largest absolute Gasteiger partial charge is 0.459 e. The predicted molar refractivity (Wildman–Crippen MR) is 79.3 cm³/mol. The zero-order valence-electron chi connectivity index (χ0n) is 12.5. The summed E-state index contributed by atoms with van der Waals surface area (Å²) in [6.07, 6.45) is 4.63. The van der Waals surface area contributed by atoms with Crippen LogP contribution in [-0.4, -0.2) is 36.6 Å². The summed E-state index contributed by atoms with van der Waals surface area (Å²) >= 11 is 0. The van der Waals surface area contributed by atoms with Crippen LogP contribution in [0.15, 0.2) is 30.7 Å². The molecule has 0 bridgehead atoms. The Hall–Kier alpha value is -2.83. The molecule has 0 spiro atoms. The quantitative estimate of drug-likeness (QED) is 0.688. The molecule has 3 heterocycles. The maximum Gasteiger partial charge on any atom is 0.341 e. The Morgan fingerprint density at radius 2 is 2.00 bits per heavy atom. The van der Waals surface area contributed by atoms with Gasteiger partial charge in [0.15, 0.2) is 5.82 Å². The second-order valence-electron chi connectivity index (χ2n) is 5.09. The molecule has 0 unspecified atom stereocenters. The van der Waals surface area contributed by atoms with Crippen LogP contribution < -0.4 is 0 Å². The maximum absolute atomic E-state index is 12.1. The summed E-state index contributed by atoms with van der Waals surface area (Å²) in [6, 6.07) is 3.64. The monoisotopic (exact) mass is 297 g/mol. The molecule has 112 valence electrons. The summed E-state index contributed by atoms with van der Waals surface area (Å²) in [6.45, 7) is 5.39. The first-order valence-corrected chi connectivity index (χ1v) is 6.90. The Balaban J connectivity index is 2.06. The lowest BCUT2D eigenvalue weighted by Crippen LogP contribution is -2.15. The van der Waals surface area contributed by atoms with Gasteiger partial charge in [-0.25, -0.2) is 14.3 Å². The van der Waals surface area contributed by atoms with Crippen molar-refractivity contribution in [2.45, 2.75) is 26.9 Å². The van der Waals surface area contributed by atoms with Gasteiger partial charge in [0, 0.05) is 24.2 Å². The molecule has 0 fully saturated rings. The highest BCUT2D eigenvalue weighted by Crippen LogP contribution is 2.17. The van der Waals surface area contributed by atoms with Crippen molar-refractivity contribution in [3.63, 3.8) is 0 Å². The maximum atomic E-state index is 12.1. The number of carbonyl (C=O) groups is 1. The van der Waals surface area contributed by atoms with E-state index in [1.807, 2.05) is 12.1 Å². The molecule has 0 radical (unpaired) electrons. The van der Waals surface area contributed by atoms with Gasteiger partial charge in [0.05, 0.1) is 17.4 Å². The molecule has 3 aromatic rings. The molecule has 0 aliphatic heterocycles. The number of hydrogen-bond donors (Lipinski definition) is 0. The van der Waals surface area contributed by atoms with Crippen molar-refractivity contribution in [3.8, 4) is 11.4 Å². The summed E-state index contributed by atoms with van der Waals surface area (Å²) in [7, 11) is 0. The van der Waals surface area contributed by atoms with E-state index in [4.69, 9.17) is 4.74 Å². The van der Waals surface area contributed by atoms with Gasteiger partial charge in [0.2, 0.25) is 0 Å². The molecule has 0 aromatic carbocycles. The SMILES string of the molecule is Cc1c(C(=O)OC(C)C)cnc2nc(-c3ccncc3)nn12. The summed E-state index contributed by atoms with van der Waals surface area (Å²) in [5.74, 6) is 0.556. The third-order valence-corrected chi connectivity index (χ3v) is 3.11. The van der Waals surface area contributed by atoms with Gasteiger partial charge in [-0.05, 0) is 32.9 Å². The number of nitrogens with zero attached hydrogens (tertiary/aromatic N) is 5. The molecule has 0 atom stereocenters. The van der Waals surface area contributed by atoms with Crippen molar-refractivity contribution in [3.05, 3.63) is 42.0 Å². The lowest BCUT2D eigenvalue weighted by molar-refractivity contribution is 0.0375. The highest BCUT2D eigenvalue weighted by molar-refractivity contribution is 5.90. The first kappa shape index (κ1) is 14.1. The molecule has 7 heteroatoms. The van der Waals surface area contributed by atoms with E-state index in [1.54, 1.807) is 37.7 Å². The summed E-state index contributed by atoms with van der Waals surface area (Å²) in [5, 5.41) is 4.41. The highest BCUT2D eigenvalue weighted by Gasteiger charge is 2.17. The fourth-order valence-electron chi connectivity index (χ4n) is 2.04. The smallest absolute Gasteiger partial charge is 0.341 e. The van der Waals surface area contributed by atoms with Gasteiger partial charge < -0.3 is 4.74 Å². The number of aryl methyl sites for hydroxylation is 1. The third-order valence-electron chi connectivity index (χ3n) is 3.11. The van der Waals surface area contributed by atoms with E-state index >= 15 is 0 Å². The first-order chi connectivity index (χ1) is 10.6. The standard InChI is InChI=1S/C15H15N5O2/c1-9(2)22-14(21)12-8-17-15-18-13(19-20(15)10(12)3)11-4-6-16-7-5-11/h4-9H,1-3H3. The van der Waals surface area contributed by atoms with Gasteiger partial charge in [-0.2, -0.15) is 4.98 Å². The lowest BCUT2D eigenvalue weighted by atomic mass is 10.2. The Labute approximate surface area is 127 Å². The van der Waals surface area contributed by atoms with Crippen LogP contribution in [0.3, 0.4) is 0 Å². The normalized spacial score (nSPS) is 11.1. The number of esters is 1. The van der Waals surface area contributed by atoms with E-state index in [0.29, 0.717) is 22.9 Å². The van der Waals surface area contributed by atoms with E-state index in [9.17, 15) is 4.79 Å². The van der Waals surface area contributed by atoms with Gasteiger partial charge in [-0.3, -0.25) is 4.98 Å². The molecular weight excluding hydrogens is 282 g/mol. The predicted octanol–water partition coefficient (Wildman–Crippen LogP) is 2.06. The van der Waals surface area contributed by atoms with Gasteiger partial charge in [0.25, 0.3) is 5.78 Å². The fraction of sp³-hybridized carbons (Fsp3) is 0.267. The number of aromatic nitrogens is 5. The Kier molecular flexibility index (Phi) is 3.54. The Bertz CT molecular complexity index is 827. The van der Waals surface area contributed by atoms with Crippen LogP contribution >= 0.6 is 0 Å². The number of ether oxygens (including phenoxy) is 1. The van der Waals surface area contributed by atoms with Crippen LogP contribution in [0, 0.1) is 6.92 Å². The number of hydrogen-bond acceptors (Lipinski definition) is 6. The average Bonchev–Trinajstić information content (AvgIpc) is 2.93. The van der Waals surface area contributed by atoms with Crippen LogP contribution in [0.25, 0.3) is 17.2 Å². The number of carbonyl (C=O) groups excluding carboxylic acids is 1. The zero-order chi connectivity index (χ0) is 15.7. The summed E-state index contributed by atoms with van der Waals surface area (Å²) < 4.78 is 6.76. The van der Waals surface area contributed by atoms with Crippen LogP contribution in [-0.2, 0) is 4.74 Å². The molecule has 0 aliphatic carbocycles. The van der Waals surface area contributed by atoms with Gasteiger partial charge in [0.1, 0.15) is 0 Å². The second kappa shape index (κ2) is 5.51. The molecular formula is C15H15N5O2. The minimum Gasteiger partial charge on any atom is -0.459 e. The fourth-order valence-corrected chi connectivity index (χ4v) is 2.04. The van der Waals surface area contributed by atoms with Crippen LogP contribution in [0.1, 0.15) is 29.9 Å². The van der Waals surface area contributed by atoms with Gasteiger partial charge in [-0.15, -0.1) is 5.10 Å². The lowest BCUT2D eigenvalue weighted by Gasteiger charge is -2.09. The average molecular weight is 297 g/mol. The molecule has 0 saturated carbocycles. The second-order valence-corrected chi connectivity index (χ2v) is 5.09. The van der Waals surface area contributed by atoms with E-state index in [0.717, 1.165) is 5.56 Å². The minimum absolute atomic E-state index is 0.189. The minimum atomic E-state index is -0.414. The van der Waals surface area contributed by atoms with E-state index in [-0.39, 0.29) is 6.10 Å². The van der Waals surface area contributed by atoms with Crippen molar-refractivity contribution in [1.29, 1.82) is 0 Å². The third kappa shape index (κ3) is 2.52. The van der Waals surface area contributed by atoms with Crippen molar-refractivity contribution in [2.24, 2.45) is 0 Å². The Morgan fingerprint density at radius 1 is 1.27 bits per heavy atom. The van der Waals surface area contributed by atoms with Crippen molar-refractivity contribution in [1.82, 2.24) is 24.6 Å². The molecule has 0 aliphatic rings. The van der Waals surface area contributed by atoms with Gasteiger partial charge >= 0.3 is 5.97 Å². The molecule has 3 aromatic heterocycles. The Morgan fingerprint density at radius 3 is 2.68 bits per heavy atom. The number of fused-ring (bicyclic) bond motifs is 1. The number of pyridine rings is 1. The molecule has 0 amide bonds. The molecule has 3 rings (SSSR count). The van der Waals surface area contributed by atoms with Crippen LogP contribution in [0.4, 0.5) is 0 Å². The van der Waals surface area contributed by atoms with E-state index in [2.05, 4.69) is 20.1 Å². The number of rotatable bonds is 3. The summed E-state index contributed by atoms with van der Waals surface area (Å²) in [5.41, 5.74) is 1.86. The molecule has 7 nitrogen and oxygen atoms in total. The van der Waals surface area contributed by atoms with Crippen molar-refractivity contribution >= 4 is 11.7 Å². The molecule has 0 N–H and O–H groups in total. The first-order valence-electron chi connectivity index (χ1n) is 6.90. The van der Waals surface area contributed by atoms with Crippen molar-refractivity contribution in [2.75, 3.05) is 0 Å². The molecule has 0 saturated heterocycles. The topological polar surface area (TPSA) is 82.3 Å². The van der Waals surface area contributed by atoms with Crippen LogP contribution in [0.5, 0.6) is 0 Å². The summed E-state index contributed by atoms with van der Waals surface area (Å²) in [4.78, 5) is 24.6. The van der Waals surface area contributed by atoms with E-state index in [1.165, 1.54) is 6.20 Å².